The van der Waals surface area contributed by atoms with Crippen LogP contribution in [0.4, 0.5) is 0 Å². The van der Waals surface area contributed by atoms with E-state index >= 15 is 0 Å². The summed E-state index contributed by atoms with van der Waals surface area (Å²) in [6.07, 6.45) is 2.36. The largest absolute Gasteiger partial charge is 0.372 e. The number of aromatic nitrogens is 2. The van der Waals surface area contributed by atoms with E-state index in [0.29, 0.717) is 36.0 Å². The molecule has 0 spiro atoms. The van der Waals surface area contributed by atoms with Gasteiger partial charge < -0.3 is 15.0 Å². The van der Waals surface area contributed by atoms with Gasteiger partial charge in [-0.05, 0) is 31.5 Å². The minimum atomic E-state index is -0.108. The number of H-pyrrole nitrogens is 1. The third-order valence-corrected chi connectivity index (χ3v) is 3.38. The first-order chi connectivity index (χ1) is 9.33. The molecule has 3 rings (SSSR count). The van der Waals surface area contributed by atoms with Gasteiger partial charge in [-0.3, -0.25) is 4.79 Å². The normalized spacial score (nSPS) is 19.1. The SMILES string of the molecule is O=c1[nH]c(COCC2CCCN2)nc2ccccc12. The number of hydrogen-bond donors (Lipinski definition) is 2. The first-order valence-electron chi connectivity index (χ1n) is 6.62. The second-order valence-corrected chi connectivity index (χ2v) is 4.84. The van der Waals surface area contributed by atoms with Crippen molar-refractivity contribution in [3.63, 3.8) is 0 Å². The fraction of sp³-hybridized carbons (Fsp3) is 0.429. The molecule has 1 atom stereocenters. The Kier molecular flexibility index (Phi) is 3.57. The Labute approximate surface area is 111 Å². The number of nitrogens with one attached hydrogen (secondary N) is 2. The molecular formula is C14H17N3O2. The molecule has 1 unspecified atom stereocenters. The highest BCUT2D eigenvalue weighted by Crippen LogP contribution is 2.08. The maximum Gasteiger partial charge on any atom is 0.258 e. The van der Waals surface area contributed by atoms with Crippen LogP contribution in [0.5, 0.6) is 0 Å². The van der Waals surface area contributed by atoms with E-state index in [1.54, 1.807) is 6.07 Å². The first kappa shape index (κ1) is 12.3. The second kappa shape index (κ2) is 5.50. The number of aromatic amines is 1. The van der Waals surface area contributed by atoms with Gasteiger partial charge in [0.1, 0.15) is 12.4 Å². The molecule has 100 valence electrons. The van der Waals surface area contributed by atoms with E-state index in [1.807, 2.05) is 18.2 Å². The lowest BCUT2D eigenvalue weighted by Crippen LogP contribution is -2.27. The van der Waals surface area contributed by atoms with Gasteiger partial charge in [0.05, 0.1) is 17.5 Å². The monoisotopic (exact) mass is 259 g/mol. The van der Waals surface area contributed by atoms with E-state index in [2.05, 4.69) is 15.3 Å². The Morgan fingerprint density at radius 2 is 2.26 bits per heavy atom. The molecule has 2 heterocycles. The lowest BCUT2D eigenvalue weighted by Gasteiger charge is -2.10. The molecule has 5 heteroatoms. The molecule has 0 aliphatic carbocycles. The van der Waals surface area contributed by atoms with Gasteiger partial charge in [-0.25, -0.2) is 4.98 Å². The average Bonchev–Trinajstić information content (AvgIpc) is 2.92. The third kappa shape index (κ3) is 2.83. The summed E-state index contributed by atoms with van der Waals surface area (Å²) in [6, 6.07) is 7.76. The topological polar surface area (TPSA) is 67.0 Å². The molecule has 1 saturated heterocycles. The van der Waals surface area contributed by atoms with Crippen molar-refractivity contribution < 1.29 is 4.74 Å². The van der Waals surface area contributed by atoms with E-state index in [-0.39, 0.29) is 5.56 Å². The van der Waals surface area contributed by atoms with Crippen LogP contribution in [-0.4, -0.2) is 29.2 Å². The van der Waals surface area contributed by atoms with Crippen LogP contribution in [-0.2, 0) is 11.3 Å². The van der Waals surface area contributed by atoms with Gasteiger partial charge in [-0.1, -0.05) is 12.1 Å². The lowest BCUT2D eigenvalue weighted by molar-refractivity contribution is 0.0985. The van der Waals surface area contributed by atoms with Crippen LogP contribution >= 0.6 is 0 Å². The Morgan fingerprint density at radius 1 is 1.37 bits per heavy atom. The lowest BCUT2D eigenvalue weighted by atomic mass is 10.2. The van der Waals surface area contributed by atoms with Gasteiger partial charge in [-0.15, -0.1) is 0 Å². The van der Waals surface area contributed by atoms with Gasteiger partial charge in [0.25, 0.3) is 5.56 Å². The fourth-order valence-corrected chi connectivity index (χ4v) is 2.40. The summed E-state index contributed by atoms with van der Waals surface area (Å²) < 4.78 is 5.61. The van der Waals surface area contributed by atoms with Crippen LogP contribution in [0.1, 0.15) is 18.7 Å². The molecule has 1 aliphatic rings. The van der Waals surface area contributed by atoms with Crippen molar-refractivity contribution in [2.45, 2.75) is 25.5 Å². The molecule has 0 saturated carbocycles. The Hall–Kier alpha value is -1.72. The van der Waals surface area contributed by atoms with Gasteiger partial charge in [0.15, 0.2) is 0 Å². The zero-order valence-corrected chi connectivity index (χ0v) is 10.7. The summed E-state index contributed by atoms with van der Waals surface area (Å²) in [5.74, 6) is 0.585. The minimum Gasteiger partial charge on any atom is -0.372 e. The van der Waals surface area contributed by atoms with Gasteiger partial charge in [0, 0.05) is 6.04 Å². The summed E-state index contributed by atoms with van der Waals surface area (Å²) in [5, 5.41) is 3.98. The Morgan fingerprint density at radius 3 is 3.11 bits per heavy atom. The smallest absolute Gasteiger partial charge is 0.258 e. The summed E-state index contributed by atoms with van der Waals surface area (Å²) in [6.45, 7) is 2.08. The molecular weight excluding hydrogens is 242 g/mol. The van der Waals surface area contributed by atoms with Crippen molar-refractivity contribution >= 4 is 10.9 Å². The number of para-hydroxylation sites is 1. The molecule has 5 nitrogen and oxygen atoms in total. The Balaban J connectivity index is 1.69. The molecule has 1 aromatic heterocycles. The van der Waals surface area contributed by atoms with Gasteiger partial charge >= 0.3 is 0 Å². The second-order valence-electron chi connectivity index (χ2n) is 4.84. The van der Waals surface area contributed by atoms with Crippen LogP contribution in [0.15, 0.2) is 29.1 Å². The maximum atomic E-state index is 11.9. The highest BCUT2D eigenvalue weighted by Gasteiger charge is 2.13. The van der Waals surface area contributed by atoms with E-state index in [1.165, 1.54) is 6.42 Å². The minimum absolute atomic E-state index is 0.108. The zero-order valence-electron chi connectivity index (χ0n) is 10.7. The molecule has 2 aromatic rings. The van der Waals surface area contributed by atoms with Crippen molar-refractivity contribution in [3.05, 3.63) is 40.4 Å². The zero-order chi connectivity index (χ0) is 13.1. The summed E-state index contributed by atoms with van der Waals surface area (Å²) in [5.41, 5.74) is 0.604. The highest BCUT2D eigenvalue weighted by atomic mass is 16.5. The average molecular weight is 259 g/mol. The Bertz CT molecular complexity index is 617. The fourth-order valence-electron chi connectivity index (χ4n) is 2.40. The van der Waals surface area contributed by atoms with Crippen molar-refractivity contribution in [2.24, 2.45) is 0 Å². The predicted molar refractivity (Wildman–Crippen MR) is 73.0 cm³/mol. The van der Waals surface area contributed by atoms with Crippen LogP contribution < -0.4 is 10.9 Å². The molecule has 2 N–H and O–H groups in total. The number of benzene rings is 1. The standard InChI is InChI=1S/C14H17N3O2/c18-14-11-5-1-2-6-12(11)16-13(17-14)9-19-8-10-4-3-7-15-10/h1-2,5-6,10,15H,3-4,7-9H2,(H,16,17,18). The predicted octanol–water partition coefficient (Wildman–Crippen LogP) is 1.19. The summed E-state index contributed by atoms with van der Waals surface area (Å²) >= 11 is 0. The molecule has 0 bridgehead atoms. The quantitative estimate of drug-likeness (QED) is 0.865. The van der Waals surface area contributed by atoms with Crippen molar-refractivity contribution in [1.82, 2.24) is 15.3 Å². The first-order valence-corrected chi connectivity index (χ1v) is 6.62. The van der Waals surface area contributed by atoms with Crippen LogP contribution in [0.2, 0.25) is 0 Å². The number of rotatable bonds is 4. The summed E-state index contributed by atoms with van der Waals surface area (Å²) in [4.78, 5) is 19.0. The number of hydrogen-bond acceptors (Lipinski definition) is 4. The van der Waals surface area contributed by atoms with E-state index in [0.717, 1.165) is 13.0 Å². The van der Waals surface area contributed by atoms with Gasteiger partial charge in [0.2, 0.25) is 0 Å². The number of fused-ring (bicyclic) bond motifs is 1. The van der Waals surface area contributed by atoms with Crippen molar-refractivity contribution in [3.8, 4) is 0 Å². The summed E-state index contributed by atoms with van der Waals surface area (Å²) in [7, 11) is 0. The van der Waals surface area contributed by atoms with E-state index in [4.69, 9.17) is 4.74 Å². The molecule has 0 amide bonds. The number of nitrogens with zero attached hydrogens (tertiary/aromatic N) is 1. The van der Waals surface area contributed by atoms with E-state index < -0.39 is 0 Å². The highest BCUT2D eigenvalue weighted by molar-refractivity contribution is 5.77. The van der Waals surface area contributed by atoms with Crippen LogP contribution in [0.3, 0.4) is 0 Å². The van der Waals surface area contributed by atoms with Crippen LogP contribution in [0.25, 0.3) is 10.9 Å². The molecule has 0 radical (unpaired) electrons. The molecule has 19 heavy (non-hydrogen) atoms. The van der Waals surface area contributed by atoms with Crippen molar-refractivity contribution in [2.75, 3.05) is 13.2 Å². The maximum absolute atomic E-state index is 11.9. The molecule has 1 fully saturated rings. The molecule has 1 aromatic carbocycles. The van der Waals surface area contributed by atoms with Gasteiger partial charge in [-0.2, -0.15) is 0 Å². The van der Waals surface area contributed by atoms with E-state index in [9.17, 15) is 4.79 Å². The molecule has 1 aliphatic heterocycles. The van der Waals surface area contributed by atoms with Crippen LogP contribution in [0, 0.1) is 0 Å². The third-order valence-electron chi connectivity index (χ3n) is 3.38. The number of ether oxygens (including phenoxy) is 1. The van der Waals surface area contributed by atoms with Crippen molar-refractivity contribution in [1.29, 1.82) is 0 Å².